The Morgan fingerprint density at radius 1 is 1.05 bits per heavy atom. The number of halogens is 1. The molecule has 0 bridgehead atoms. The molecule has 1 atom stereocenters. The first kappa shape index (κ1) is 12.0. The van der Waals surface area contributed by atoms with Crippen LogP contribution in [0.3, 0.4) is 0 Å². The first-order valence-electron chi connectivity index (χ1n) is 6.55. The maximum Gasteiger partial charge on any atom is 0.123 e. The molecule has 98 valence electrons. The number of fused-ring (bicyclic) bond motifs is 1. The Bertz CT molecular complexity index is 526. The molecule has 0 saturated carbocycles. The van der Waals surface area contributed by atoms with Crippen molar-refractivity contribution >= 4 is 5.69 Å². The topological polar surface area (TPSA) is 21.3 Å². The van der Waals surface area contributed by atoms with E-state index in [1.165, 1.54) is 23.4 Å². The molecule has 0 aromatic heterocycles. The van der Waals surface area contributed by atoms with Crippen LogP contribution in [0.2, 0.25) is 0 Å². The highest BCUT2D eigenvalue weighted by Gasteiger charge is 2.16. The van der Waals surface area contributed by atoms with E-state index in [9.17, 15) is 4.39 Å². The molecule has 19 heavy (non-hydrogen) atoms. The summed E-state index contributed by atoms with van der Waals surface area (Å²) in [6.07, 6.45) is 2.06. The van der Waals surface area contributed by atoms with Crippen molar-refractivity contribution in [3.63, 3.8) is 0 Å². The largest absolute Gasteiger partial charge is 0.489 e. The third-order valence-corrected chi connectivity index (χ3v) is 3.39. The molecule has 1 heterocycles. The van der Waals surface area contributed by atoms with Crippen molar-refractivity contribution in [2.45, 2.75) is 18.9 Å². The van der Waals surface area contributed by atoms with E-state index in [1.807, 2.05) is 6.07 Å². The van der Waals surface area contributed by atoms with E-state index in [4.69, 9.17) is 4.74 Å². The van der Waals surface area contributed by atoms with Gasteiger partial charge < -0.3 is 10.1 Å². The number of anilines is 1. The van der Waals surface area contributed by atoms with Crippen molar-refractivity contribution < 1.29 is 9.13 Å². The van der Waals surface area contributed by atoms with Gasteiger partial charge in [0.15, 0.2) is 0 Å². The molecule has 1 unspecified atom stereocenters. The number of hydrogen-bond donors (Lipinski definition) is 1. The van der Waals surface area contributed by atoms with Crippen LogP contribution in [0.5, 0.6) is 5.75 Å². The fourth-order valence-electron chi connectivity index (χ4n) is 2.36. The lowest BCUT2D eigenvalue weighted by atomic mass is 10.1. The Hall–Kier alpha value is -2.03. The van der Waals surface area contributed by atoms with Crippen molar-refractivity contribution in [2.24, 2.45) is 0 Å². The second-order valence-electron chi connectivity index (χ2n) is 4.77. The first-order valence-corrected chi connectivity index (χ1v) is 6.55. The maximum absolute atomic E-state index is 12.8. The van der Waals surface area contributed by atoms with Crippen molar-refractivity contribution in [2.75, 3.05) is 11.9 Å². The molecule has 1 N–H and O–H groups in total. The second-order valence-corrected chi connectivity index (χ2v) is 4.77. The predicted molar refractivity (Wildman–Crippen MR) is 74.1 cm³/mol. The summed E-state index contributed by atoms with van der Waals surface area (Å²) >= 11 is 0. The van der Waals surface area contributed by atoms with Crippen LogP contribution in [-0.2, 0) is 6.42 Å². The van der Waals surface area contributed by atoms with Crippen LogP contribution in [0.15, 0.2) is 48.5 Å². The molecule has 3 heteroatoms. The lowest BCUT2D eigenvalue weighted by molar-refractivity contribution is 0.206. The summed E-state index contributed by atoms with van der Waals surface area (Å²) in [7, 11) is 0. The van der Waals surface area contributed by atoms with Gasteiger partial charge in [-0.2, -0.15) is 0 Å². The number of nitrogens with one attached hydrogen (secondary N) is 1. The number of hydrogen-bond acceptors (Lipinski definition) is 2. The van der Waals surface area contributed by atoms with Gasteiger partial charge in [-0.3, -0.25) is 0 Å². The quantitative estimate of drug-likeness (QED) is 0.887. The molecule has 0 fully saturated rings. The number of rotatable bonds is 2. The van der Waals surface area contributed by atoms with E-state index in [0.29, 0.717) is 0 Å². The Balaban J connectivity index is 1.67. The standard InChI is InChI=1S/C16H16FNO/c17-13-6-9-14(10-7-13)19-15-8-5-12-3-1-2-4-16(12)18-11-15/h1-4,6-7,9-10,15,18H,5,8,11H2. The van der Waals surface area contributed by atoms with Gasteiger partial charge >= 0.3 is 0 Å². The van der Waals surface area contributed by atoms with Gasteiger partial charge in [-0.15, -0.1) is 0 Å². The van der Waals surface area contributed by atoms with Crippen LogP contribution in [0, 0.1) is 5.82 Å². The Kier molecular flexibility index (Phi) is 3.36. The molecule has 2 aromatic rings. The average Bonchev–Trinajstić information content (AvgIpc) is 2.64. The fourth-order valence-corrected chi connectivity index (χ4v) is 2.36. The van der Waals surface area contributed by atoms with Gasteiger partial charge in [-0.25, -0.2) is 4.39 Å². The van der Waals surface area contributed by atoms with E-state index < -0.39 is 0 Å². The molecule has 0 amide bonds. The van der Waals surface area contributed by atoms with E-state index in [-0.39, 0.29) is 11.9 Å². The van der Waals surface area contributed by atoms with Crippen LogP contribution in [-0.4, -0.2) is 12.6 Å². The Labute approximate surface area is 112 Å². The van der Waals surface area contributed by atoms with Crippen LogP contribution in [0.25, 0.3) is 0 Å². The van der Waals surface area contributed by atoms with Gasteiger partial charge in [0.25, 0.3) is 0 Å². The molecule has 1 aliphatic rings. The molecule has 3 rings (SSSR count). The van der Waals surface area contributed by atoms with Crippen LogP contribution in [0.4, 0.5) is 10.1 Å². The van der Waals surface area contributed by atoms with Crippen molar-refractivity contribution in [3.8, 4) is 5.75 Å². The summed E-state index contributed by atoms with van der Waals surface area (Å²) in [5.41, 5.74) is 2.51. The third kappa shape index (κ3) is 2.87. The van der Waals surface area contributed by atoms with Crippen LogP contribution < -0.4 is 10.1 Å². The minimum atomic E-state index is -0.237. The summed E-state index contributed by atoms with van der Waals surface area (Å²) in [5.74, 6) is 0.484. The van der Waals surface area contributed by atoms with Gasteiger partial charge in [-0.05, 0) is 48.7 Å². The third-order valence-electron chi connectivity index (χ3n) is 3.39. The van der Waals surface area contributed by atoms with Gasteiger partial charge in [-0.1, -0.05) is 18.2 Å². The molecular weight excluding hydrogens is 241 g/mol. The molecule has 2 aromatic carbocycles. The summed E-state index contributed by atoms with van der Waals surface area (Å²) in [6, 6.07) is 14.5. The zero-order chi connectivity index (χ0) is 13.1. The maximum atomic E-state index is 12.8. The monoisotopic (exact) mass is 257 g/mol. The smallest absolute Gasteiger partial charge is 0.123 e. The summed E-state index contributed by atoms with van der Waals surface area (Å²) in [4.78, 5) is 0. The lowest BCUT2D eigenvalue weighted by Crippen LogP contribution is -2.24. The summed E-state index contributed by atoms with van der Waals surface area (Å²) in [6.45, 7) is 0.772. The van der Waals surface area contributed by atoms with Crippen LogP contribution >= 0.6 is 0 Å². The van der Waals surface area contributed by atoms with Gasteiger partial charge in [0, 0.05) is 5.69 Å². The molecule has 0 spiro atoms. The minimum absolute atomic E-state index is 0.109. The first-order chi connectivity index (χ1) is 9.31. The minimum Gasteiger partial charge on any atom is -0.489 e. The normalized spacial score (nSPS) is 18.1. The average molecular weight is 257 g/mol. The SMILES string of the molecule is Fc1ccc(OC2CCc3ccccc3NC2)cc1. The van der Waals surface area contributed by atoms with Gasteiger partial charge in [0.05, 0.1) is 6.54 Å². The van der Waals surface area contributed by atoms with E-state index in [0.717, 1.165) is 25.1 Å². The number of para-hydroxylation sites is 1. The number of aryl methyl sites for hydroxylation is 1. The molecule has 0 saturated heterocycles. The Morgan fingerprint density at radius 2 is 1.84 bits per heavy atom. The highest BCUT2D eigenvalue weighted by Crippen LogP contribution is 2.23. The van der Waals surface area contributed by atoms with E-state index in [2.05, 4.69) is 23.5 Å². The molecule has 0 aliphatic carbocycles. The highest BCUT2D eigenvalue weighted by atomic mass is 19.1. The van der Waals surface area contributed by atoms with Crippen molar-refractivity contribution in [1.29, 1.82) is 0 Å². The molecule has 2 nitrogen and oxygen atoms in total. The molecule has 0 radical (unpaired) electrons. The van der Waals surface area contributed by atoms with Gasteiger partial charge in [0.2, 0.25) is 0 Å². The lowest BCUT2D eigenvalue weighted by Gasteiger charge is -2.17. The van der Waals surface area contributed by atoms with E-state index in [1.54, 1.807) is 12.1 Å². The number of benzene rings is 2. The zero-order valence-corrected chi connectivity index (χ0v) is 10.6. The second kappa shape index (κ2) is 5.31. The molecule has 1 aliphatic heterocycles. The van der Waals surface area contributed by atoms with Crippen molar-refractivity contribution in [1.82, 2.24) is 0 Å². The summed E-state index contributed by atoms with van der Waals surface area (Å²) in [5, 5.41) is 3.41. The Morgan fingerprint density at radius 3 is 2.68 bits per heavy atom. The number of ether oxygens (including phenoxy) is 1. The summed E-state index contributed by atoms with van der Waals surface area (Å²) < 4.78 is 18.7. The molecular formula is C16H16FNO. The zero-order valence-electron chi connectivity index (χ0n) is 10.6. The highest BCUT2D eigenvalue weighted by molar-refractivity contribution is 5.52. The van der Waals surface area contributed by atoms with Gasteiger partial charge in [0.1, 0.15) is 17.7 Å². The van der Waals surface area contributed by atoms with Crippen molar-refractivity contribution in [3.05, 3.63) is 59.9 Å². The fraction of sp³-hybridized carbons (Fsp3) is 0.250. The van der Waals surface area contributed by atoms with E-state index >= 15 is 0 Å². The van der Waals surface area contributed by atoms with Crippen LogP contribution in [0.1, 0.15) is 12.0 Å². The predicted octanol–water partition coefficient (Wildman–Crippen LogP) is 3.63.